The standard InChI is InChI=1S/C23H23F3N4O/c24-23(25,26)21-8-6-19(7-9-21)15-28-10-12-29(13-11-28)22(31)20-14-27-30(17-20)16-18-4-2-1-3-5-18/h1-9,14,17H,10-13,15-16H2. The third-order valence-corrected chi connectivity index (χ3v) is 5.41. The second-order valence-electron chi connectivity index (χ2n) is 7.68. The summed E-state index contributed by atoms with van der Waals surface area (Å²) in [6.07, 6.45) is -0.955. The normalized spacial score (nSPS) is 15.3. The number of carbonyl (C=O) groups excluding carboxylic acids is 1. The molecule has 0 saturated carbocycles. The highest BCUT2D eigenvalue weighted by Crippen LogP contribution is 2.29. The molecule has 8 heteroatoms. The van der Waals surface area contributed by atoms with Gasteiger partial charge < -0.3 is 4.90 Å². The first-order valence-electron chi connectivity index (χ1n) is 10.1. The zero-order valence-corrected chi connectivity index (χ0v) is 16.9. The Morgan fingerprint density at radius 1 is 0.871 bits per heavy atom. The minimum absolute atomic E-state index is 0.0477. The Morgan fingerprint density at radius 2 is 1.52 bits per heavy atom. The average molecular weight is 428 g/mol. The highest BCUT2D eigenvalue weighted by Gasteiger charge is 2.30. The Labute approximate surface area is 178 Å². The monoisotopic (exact) mass is 428 g/mol. The van der Waals surface area contributed by atoms with Gasteiger partial charge in [-0.25, -0.2) is 0 Å². The molecule has 1 aromatic heterocycles. The van der Waals surface area contributed by atoms with Crippen LogP contribution < -0.4 is 0 Å². The molecule has 2 aromatic carbocycles. The molecule has 1 aliphatic heterocycles. The predicted molar refractivity (Wildman–Crippen MR) is 110 cm³/mol. The Kier molecular flexibility index (Phi) is 6.08. The van der Waals surface area contributed by atoms with Crippen LogP contribution in [0.15, 0.2) is 67.0 Å². The van der Waals surface area contributed by atoms with Crippen LogP contribution in [0.1, 0.15) is 27.0 Å². The highest BCUT2D eigenvalue weighted by atomic mass is 19.4. The van der Waals surface area contributed by atoms with Crippen LogP contribution in [0.25, 0.3) is 0 Å². The summed E-state index contributed by atoms with van der Waals surface area (Å²) >= 11 is 0. The molecule has 0 atom stereocenters. The first kappa shape index (κ1) is 21.1. The number of piperazine rings is 1. The number of alkyl halides is 3. The number of hydrogen-bond donors (Lipinski definition) is 0. The van der Waals surface area contributed by atoms with E-state index >= 15 is 0 Å². The van der Waals surface area contributed by atoms with Gasteiger partial charge in [-0.1, -0.05) is 42.5 Å². The molecule has 1 amide bonds. The van der Waals surface area contributed by atoms with E-state index in [1.54, 1.807) is 22.0 Å². The van der Waals surface area contributed by atoms with E-state index in [0.717, 1.165) is 23.3 Å². The number of rotatable bonds is 5. The van der Waals surface area contributed by atoms with Gasteiger partial charge in [0.2, 0.25) is 0 Å². The SMILES string of the molecule is O=C(c1cnn(Cc2ccccc2)c1)N1CCN(Cc2ccc(C(F)(F)F)cc2)CC1. The quantitative estimate of drug-likeness (QED) is 0.619. The molecular formula is C23H23F3N4O. The van der Waals surface area contributed by atoms with Crippen LogP contribution in [0.3, 0.4) is 0 Å². The van der Waals surface area contributed by atoms with E-state index in [9.17, 15) is 18.0 Å². The van der Waals surface area contributed by atoms with Crippen molar-refractivity contribution in [3.8, 4) is 0 Å². The minimum Gasteiger partial charge on any atom is -0.336 e. The summed E-state index contributed by atoms with van der Waals surface area (Å²) in [7, 11) is 0. The molecule has 3 aromatic rings. The fourth-order valence-corrected chi connectivity index (χ4v) is 3.68. The number of amides is 1. The molecule has 0 aliphatic carbocycles. The smallest absolute Gasteiger partial charge is 0.336 e. The lowest BCUT2D eigenvalue weighted by Gasteiger charge is -2.34. The van der Waals surface area contributed by atoms with Crippen molar-refractivity contribution in [3.63, 3.8) is 0 Å². The first-order valence-corrected chi connectivity index (χ1v) is 10.1. The molecule has 1 fully saturated rings. The Morgan fingerprint density at radius 3 is 2.16 bits per heavy atom. The second kappa shape index (κ2) is 8.93. The maximum atomic E-state index is 12.8. The largest absolute Gasteiger partial charge is 0.416 e. The molecule has 1 aliphatic rings. The van der Waals surface area contributed by atoms with E-state index in [0.29, 0.717) is 44.8 Å². The Balaban J connectivity index is 1.29. The fraction of sp³-hybridized carbons (Fsp3) is 0.304. The number of hydrogen-bond acceptors (Lipinski definition) is 3. The zero-order valence-electron chi connectivity index (χ0n) is 16.9. The van der Waals surface area contributed by atoms with Gasteiger partial charge in [-0.3, -0.25) is 14.4 Å². The van der Waals surface area contributed by atoms with E-state index in [-0.39, 0.29) is 5.91 Å². The molecule has 31 heavy (non-hydrogen) atoms. The van der Waals surface area contributed by atoms with Gasteiger partial charge >= 0.3 is 6.18 Å². The zero-order chi connectivity index (χ0) is 21.8. The van der Waals surface area contributed by atoms with Crippen molar-refractivity contribution in [3.05, 3.63) is 89.2 Å². The van der Waals surface area contributed by atoms with Crippen molar-refractivity contribution in [2.24, 2.45) is 0 Å². The van der Waals surface area contributed by atoms with E-state index < -0.39 is 11.7 Å². The Bertz CT molecular complexity index is 1010. The maximum Gasteiger partial charge on any atom is 0.416 e. The van der Waals surface area contributed by atoms with Crippen LogP contribution in [-0.2, 0) is 19.3 Å². The van der Waals surface area contributed by atoms with Crippen molar-refractivity contribution >= 4 is 5.91 Å². The molecule has 1 saturated heterocycles. The number of halogens is 3. The molecule has 0 N–H and O–H groups in total. The van der Waals surface area contributed by atoms with E-state index in [2.05, 4.69) is 10.00 Å². The lowest BCUT2D eigenvalue weighted by atomic mass is 10.1. The number of aromatic nitrogens is 2. The van der Waals surface area contributed by atoms with Crippen LogP contribution >= 0.6 is 0 Å². The summed E-state index contributed by atoms with van der Waals surface area (Å²) in [6, 6.07) is 15.2. The van der Waals surface area contributed by atoms with E-state index in [4.69, 9.17) is 0 Å². The van der Waals surface area contributed by atoms with Crippen molar-refractivity contribution in [2.45, 2.75) is 19.3 Å². The Hall–Kier alpha value is -3.13. The third kappa shape index (κ3) is 5.32. The molecule has 0 spiro atoms. The van der Waals surface area contributed by atoms with Crippen LogP contribution in [-0.4, -0.2) is 51.7 Å². The number of nitrogens with zero attached hydrogens (tertiary/aromatic N) is 4. The minimum atomic E-state index is -4.32. The van der Waals surface area contributed by atoms with Gasteiger partial charge in [0.15, 0.2) is 0 Å². The fourth-order valence-electron chi connectivity index (χ4n) is 3.68. The van der Waals surface area contributed by atoms with Crippen molar-refractivity contribution in [2.75, 3.05) is 26.2 Å². The van der Waals surface area contributed by atoms with Gasteiger partial charge in [-0.15, -0.1) is 0 Å². The molecule has 0 unspecified atom stereocenters. The number of carbonyl (C=O) groups is 1. The molecule has 2 heterocycles. The van der Waals surface area contributed by atoms with Gasteiger partial charge in [0.1, 0.15) is 0 Å². The third-order valence-electron chi connectivity index (χ3n) is 5.41. The number of benzene rings is 2. The van der Waals surface area contributed by atoms with Crippen molar-refractivity contribution in [1.82, 2.24) is 19.6 Å². The average Bonchev–Trinajstić information content (AvgIpc) is 3.23. The summed E-state index contributed by atoms with van der Waals surface area (Å²) in [5.74, 6) is -0.0477. The molecule has 5 nitrogen and oxygen atoms in total. The molecule has 0 radical (unpaired) electrons. The summed E-state index contributed by atoms with van der Waals surface area (Å²) < 4.78 is 39.8. The summed E-state index contributed by atoms with van der Waals surface area (Å²) in [6.45, 7) is 3.66. The first-order chi connectivity index (χ1) is 14.9. The summed E-state index contributed by atoms with van der Waals surface area (Å²) in [5, 5.41) is 4.30. The van der Waals surface area contributed by atoms with Crippen LogP contribution in [0.2, 0.25) is 0 Å². The van der Waals surface area contributed by atoms with Gasteiger partial charge in [0.25, 0.3) is 5.91 Å². The summed E-state index contributed by atoms with van der Waals surface area (Å²) in [5.41, 5.74) is 1.86. The van der Waals surface area contributed by atoms with Gasteiger partial charge in [-0.05, 0) is 23.3 Å². The molecule has 162 valence electrons. The molecule has 0 bridgehead atoms. The van der Waals surface area contributed by atoms with Crippen LogP contribution in [0.5, 0.6) is 0 Å². The van der Waals surface area contributed by atoms with Gasteiger partial charge in [0.05, 0.1) is 23.9 Å². The van der Waals surface area contributed by atoms with E-state index in [1.165, 1.54) is 12.1 Å². The predicted octanol–water partition coefficient (Wildman–Crippen LogP) is 3.91. The van der Waals surface area contributed by atoms with Crippen LogP contribution in [0, 0.1) is 0 Å². The van der Waals surface area contributed by atoms with Crippen molar-refractivity contribution < 1.29 is 18.0 Å². The molecular weight excluding hydrogens is 405 g/mol. The molecule has 4 rings (SSSR count). The van der Waals surface area contributed by atoms with Crippen LogP contribution in [0.4, 0.5) is 13.2 Å². The van der Waals surface area contributed by atoms with E-state index in [1.807, 2.05) is 30.3 Å². The lowest BCUT2D eigenvalue weighted by molar-refractivity contribution is -0.137. The van der Waals surface area contributed by atoms with Crippen molar-refractivity contribution in [1.29, 1.82) is 0 Å². The topological polar surface area (TPSA) is 41.4 Å². The van der Waals surface area contributed by atoms with Gasteiger partial charge in [-0.2, -0.15) is 18.3 Å². The summed E-state index contributed by atoms with van der Waals surface area (Å²) in [4.78, 5) is 16.8. The highest BCUT2D eigenvalue weighted by molar-refractivity contribution is 5.93. The lowest BCUT2D eigenvalue weighted by Crippen LogP contribution is -2.48. The second-order valence-corrected chi connectivity index (χ2v) is 7.68. The van der Waals surface area contributed by atoms with Gasteiger partial charge in [0, 0.05) is 38.9 Å². The maximum absolute atomic E-state index is 12.8.